The van der Waals surface area contributed by atoms with Crippen molar-refractivity contribution in [2.45, 2.75) is 59.4 Å². The molecule has 0 unspecified atom stereocenters. The van der Waals surface area contributed by atoms with E-state index in [1.165, 1.54) is 0 Å². The number of rotatable bonds is 5. The summed E-state index contributed by atoms with van der Waals surface area (Å²) in [7, 11) is 1.92. The summed E-state index contributed by atoms with van der Waals surface area (Å²) in [5.41, 5.74) is 3.09. The van der Waals surface area contributed by atoms with Crippen LogP contribution in [-0.2, 0) is 18.4 Å². The van der Waals surface area contributed by atoms with E-state index in [0.29, 0.717) is 23.5 Å². The number of amides is 3. The summed E-state index contributed by atoms with van der Waals surface area (Å²) in [6.45, 7) is 12.4. The van der Waals surface area contributed by atoms with Gasteiger partial charge in [-0.2, -0.15) is 5.10 Å². The number of quaternary nitrogens is 1. The highest BCUT2D eigenvalue weighted by molar-refractivity contribution is 5.99. The molecule has 9 heteroatoms. The molecular formula is C30H46N7O2+. The fourth-order valence-corrected chi connectivity index (χ4v) is 6.29. The zero-order valence-corrected chi connectivity index (χ0v) is 24.1. The number of nitrogens with one attached hydrogen (secondary N) is 3. The van der Waals surface area contributed by atoms with Gasteiger partial charge in [-0.1, -0.05) is 32.9 Å². The number of fused-ring (bicyclic) bond motifs is 2. The minimum atomic E-state index is 0.00144. The molecule has 0 radical (unpaired) electrons. The highest BCUT2D eigenvalue weighted by Crippen LogP contribution is 2.38. The maximum Gasteiger partial charge on any atom is 0.416 e. The van der Waals surface area contributed by atoms with Gasteiger partial charge in [-0.25, -0.2) is 9.28 Å². The number of hydrogen-bond acceptors (Lipinski definition) is 5. The average molecular weight is 537 g/mol. The number of aromatic nitrogens is 2. The van der Waals surface area contributed by atoms with Crippen molar-refractivity contribution < 1.29 is 14.1 Å². The standard InChI is InChI=1S/C30H45N7O2/c1-30(2,3)13-16-37(17-14-31-15-18-37)29(39)32-19-22-9-11-23(12-10-22)28(38)36-21-24-20-33-35(4)27(24)34-25-7-5-6-8-26(25)36/h5-8,20,22-23,31H,9-19,21H2,1-4H3,(H-,32,33,34,39)/p+1. The monoisotopic (exact) mass is 536 g/mol. The molecule has 1 saturated carbocycles. The van der Waals surface area contributed by atoms with Gasteiger partial charge in [0.05, 0.1) is 43.8 Å². The fourth-order valence-electron chi connectivity index (χ4n) is 6.29. The summed E-state index contributed by atoms with van der Waals surface area (Å²) >= 11 is 0. The fraction of sp³-hybridized carbons (Fsp3) is 0.633. The van der Waals surface area contributed by atoms with Gasteiger partial charge >= 0.3 is 6.03 Å². The van der Waals surface area contributed by atoms with Gasteiger partial charge in [-0.3, -0.25) is 9.48 Å². The lowest BCUT2D eigenvalue weighted by Gasteiger charge is -2.40. The number of urea groups is 1. The molecule has 39 heavy (non-hydrogen) atoms. The molecule has 9 nitrogen and oxygen atoms in total. The maximum atomic E-state index is 13.9. The van der Waals surface area contributed by atoms with E-state index in [4.69, 9.17) is 0 Å². The molecule has 0 atom stereocenters. The van der Waals surface area contributed by atoms with E-state index >= 15 is 0 Å². The highest BCUT2D eigenvalue weighted by atomic mass is 16.2. The van der Waals surface area contributed by atoms with Crippen molar-refractivity contribution in [3.8, 4) is 0 Å². The van der Waals surface area contributed by atoms with Gasteiger partial charge in [-0.15, -0.1) is 0 Å². The maximum absolute atomic E-state index is 13.9. The van der Waals surface area contributed by atoms with Crippen LogP contribution in [-0.4, -0.2) is 65.5 Å². The van der Waals surface area contributed by atoms with E-state index in [2.05, 4.69) is 41.8 Å². The Labute approximate surface area is 232 Å². The van der Waals surface area contributed by atoms with Crippen molar-refractivity contribution >= 4 is 29.1 Å². The van der Waals surface area contributed by atoms with Crippen LogP contribution < -0.4 is 20.9 Å². The van der Waals surface area contributed by atoms with Crippen LogP contribution in [0, 0.1) is 17.3 Å². The van der Waals surface area contributed by atoms with Crippen molar-refractivity contribution in [2.24, 2.45) is 24.3 Å². The predicted molar refractivity (Wildman–Crippen MR) is 155 cm³/mol. The van der Waals surface area contributed by atoms with E-state index in [0.717, 1.165) is 87.6 Å². The molecule has 3 N–H and O–H groups in total. The molecule has 1 saturated heterocycles. The predicted octanol–water partition coefficient (Wildman–Crippen LogP) is 4.38. The molecule has 1 aromatic carbocycles. The normalized spacial score (nSPS) is 22.7. The van der Waals surface area contributed by atoms with E-state index in [-0.39, 0.29) is 23.3 Å². The van der Waals surface area contributed by atoms with E-state index in [1.807, 2.05) is 47.1 Å². The first-order valence-corrected chi connectivity index (χ1v) is 14.7. The Balaban J connectivity index is 1.18. The van der Waals surface area contributed by atoms with Gasteiger partial charge in [0.2, 0.25) is 5.91 Å². The Morgan fingerprint density at radius 2 is 1.82 bits per heavy atom. The number of para-hydroxylation sites is 2. The number of piperazine rings is 1. The molecule has 1 aromatic heterocycles. The van der Waals surface area contributed by atoms with E-state index < -0.39 is 0 Å². The average Bonchev–Trinajstić information content (AvgIpc) is 3.18. The molecule has 5 rings (SSSR count). The van der Waals surface area contributed by atoms with Gasteiger partial charge in [0.25, 0.3) is 0 Å². The topological polar surface area (TPSA) is 91.3 Å². The number of aryl methyl sites for hydroxylation is 1. The third-order valence-corrected chi connectivity index (χ3v) is 8.95. The second-order valence-electron chi connectivity index (χ2n) is 13.0. The number of carbonyl (C=O) groups excluding carboxylic acids is 2. The van der Waals surface area contributed by atoms with Crippen molar-refractivity contribution in [1.29, 1.82) is 0 Å². The van der Waals surface area contributed by atoms with Crippen molar-refractivity contribution in [1.82, 2.24) is 20.4 Å². The molecule has 2 aliphatic heterocycles. The van der Waals surface area contributed by atoms with Crippen LogP contribution in [0.3, 0.4) is 0 Å². The summed E-state index contributed by atoms with van der Waals surface area (Å²) in [6, 6.07) is 8.20. The number of benzene rings is 1. The smallest absolute Gasteiger partial charge is 0.338 e. The molecule has 0 spiro atoms. The second kappa shape index (κ2) is 11.3. The third-order valence-electron chi connectivity index (χ3n) is 8.95. The lowest BCUT2D eigenvalue weighted by Crippen LogP contribution is -2.65. The van der Waals surface area contributed by atoms with Crippen LogP contribution in [0.2, 0.25) is 0 Å². The Bertz CT molecular complexity index is 1170. The lowest BCUT2D eigenvalue weighted by atomic mass is 9.81. The third kappa shape index (κ3) is 6.14. The van der Waals surface area contributed by atoms with E-state index in [9.17, 15) is 9.59 Å². The number of hydrogen-bond donors (Lipinski definition) is 3. The SMILES string of the molecule is Cn1ncc2c1Nc1ccccc1N(C(=O)C1CCC(CNC(=O)[N+]3(CCC(C)(C)C)CCNCC3)CC1)C2. The Hall–Kier alpha value is -2.91. The van der Waals surface area contributed by atoms with Crippen LogP contribution in [0.5, 0.6) is 0 Å². The highest BCUT2D eigenvalue weighted by Gasteiger charge is 2.40. The molecule has 3 amide bonds. The number of anilines is 3. The van der Waals surface area contributed by atoms with Crippen molar-refractivity contribution in [2.75, 3.05) is 49.5 Å². The summed E-state index contributed by atoms with van der Waals surface area (Å²) in [4.78, 5) is 29.3. The summed E-state index contributed by atoms with van der Waals surface area (Å²) in [6.07, 6.45) is 6.53. The minimum Gasteiger partial charge on any atom is -0.338 e. The van der Waals surface area contributed by atoms with Crippen molar-refractivity contribution in [3.63, 3.8) is 0 Å². The molecule has 2 aromatic rings. The van der Waals surface area contributed by atoms with E-state index in [1.54, 1.807) is 0 Å². The van der Waals surface area contributed by atoms with Crippen LogP contribution in [0.25, 0.3) is 0 Å². The number of nitrogens with zero attached hydrogens (tertiary/aromatic N) is 4. The van der Waals surface area contributed by atoms with Crippen LogP contribution in [0.1, 0.15) is 58.4 Å². The first-order chi connectivity index (χ1) is 18.7. The largest absolute Gasteiger partial charge is 0.416 e. The van der Waals surface area contributed by atoms with Gasteiger partial charge in [0, 0.05) is 44.6 Å². The first kappa shape index (κ1) is 27.6. The Morgan fingerprint density at radius 1 is 1.10 bits per heavy atom. The van der Waals surface area contributed by atoms with Gasteiger partial charge < -0.3 is 20.9 Å². The van der Waals surface area contributed by atoms with Gasteiger partial charge in [0.15, 0.2) is 0 Å². The summed E-state index contributed by atoms with van der Waals surface area (Å²) in [5, 5.41) is 14.6. The molecular weight excluding hydrogens is 490 g/mol. The molecule has 3 aliphatic rings. The quantitative estimate of drug-likeness (QED) is 0.494. The molecule has 0 bridgehead atoms. The first-order valence-electron chi connectivity index (χ1n) is 14.7. The van der Waals surface area contributed by atoms with Crippen LogP contribution in [0.15, 0.2) is 30.5 Å². The van der Waals surface area contributed by atoms with Gasteiger partial charge in [0.1, 0.15) is 5.82 Å². The molecule has 3 heterocycles. The lowest BCUT2D eigenvalue weighted by molar-refractivity contribution is -0.853. The number of carbonyl (C=O) groups is 2. The Morgan fingerprint density at radius 3 is 2.54 bits per heavy atom. The zero-order valence-electron chi connectivity index (χ0n) is 24.1. The zero-order chi connectivity index (χ0) is 27.6. The van der Waals surface area contributed by atoms with Gasteiger partial charge in [-0.05, 0) is 49.1 Å². The van der Waals surface area contributed by atoms with Crippen LogP contribution >= 0.6 is 0 Å². The second-order valence-corrected chi connectivity index (χ2v) is 13.0. The molecule has 212 valence electrons. The molecule has 2 fully saturated rings. The molecule has 1 aliphatic carbocycles. The summed E-state index contributed by atoms with van der Waals surface area (Å²) in [5.74, 6) is 1.55. The summed E-state index contributed by atoms with van der Waals surface area (Å²) < 4.78 is 2.37. The van der Waals surface area contributed by atoms with Crippen molar-refractivity contribution in [3.05, 3.63) is 36.0 Å². The Kier molecular flexibility index (Phi) is 8.01. The minimum absolute atomic E-state index is 0.00144. The van der Waals surface area contributed by atoms with Crippen LogP contribution in [0.4, 0.5) is 22.0 Å².